The van der Waals surface area contributed by atoms with Crippen molar-refractivity contribution in [2.24, 2.45) is 0 Å². The second-order valence-corrected chi connectivity index (χ2v) is 7.76. The highest BCUT2D eigenvalue weighted by Gasteiger charge is 2.21. The van der Waals surface area contributed by atoms with Crippen LogP contribution in [0.1, 0.15) is 28.0 Å². The van der Waals surface area contributed by atoms with Gasteiger partial charge in [0.1, 0.15) is 10.7 Å². The van der Waals surface area contributed by atoms with E-state index in [9.17, 15) is 4.79 Å². The predicted octanol–water partition coefficient (Wildman–Crippen LogP) is 5.02. The normalized spacial score (nSPS) is 12.1. The molecular formula is C18H18ClN3OS2. The number of nitrogens with one attached hydrogen (secondary N) is 2. The minimum Gasteiger partial charge on any atom is -0.341 e. The van der Waals surface area contributed by atoms with Gasteiger partial charge in [0.05, 0.1) is 23.0 Å². The highest BCUT2D eigenvalue weighted by atomic mass is 35.5. The zero-order chi connectivity index (χ0) is 17.6. The van der Waals surface area contributed by atoms with E-state index in [0.29, 0.717) is 9.90 Å². The van der Waals surface area contributed by atoms with Crippen molar-refractivity contribution in [3.8, 4) is 11.3 Å². The Morgan fingerprint density at radius 2 is 2.16 bits per heavy atom. The molecule has 1 aromatic carbocycles. The van der Waals surface area contributed by atoms with Gasteiger partial charge in [0.15, 0.2) is 0 Å². The van der Waals surface area contributed by atoms with E-state index in [0.717, 1.165) is 29.3 Å². The summed E-state index contributed by atoms with van der Waals surface area (Å²) in [5.41, 5.74) is 2.01. The molecule has 2 heterocycles. The Labute approximate surface area is 160 Å². The molecule has 0 saturated heterocycles. The standard InChI is InChI=1S/C18H18ClN3OS2/c1-24-9-8-14(22-18(23)16-13(19)7-10-25-16)17-20-11-15(21-17)12-5-3-2-4-6-12/h2-7,10-11,14H,8-9H2,1H3,(H,20,21)(H,22,23). The number of carbonyl (C=O) groups excluding carboxylic acids is 1. The molecule has 3 rings (SSSR count). The fraction of sp³-hybridized carbons (Fsp3) is 0.222. The molecule has 0 saturated carbocycles. The zero-order valence-electron chi connectivity index (χ0n) is 13.7. The van der Waals surface area contributed by atoms with Gasteiger partial charge in [-0.2, -0.15) is 11.8 Å². The number of amides is 1. The maximum atomic E-state index is 12.5. The average Bonchev–Trinajstić information content (AvgIpc) is 3.28. The van der Waals surface area contributed by atoms with E-state index >= 15 is 0 Å². The van der Waals surface area contributed by atoms with Crippen LogP contribution in [0.3, 0.4) is 0 Å². The van der Waals surface area contributed by atoms with Gasteiger partial charge in [-0.25, -0.2) is 4.98 Å². The molecule has 0 aliphatic rings. The third-order valence-corrected chi connectivity index (χ3v) is 5.73. The lowest BCUT2D eigenvalue weighted by Crippen LogP contribution is -2.29. The predicted molar refractivity (Wildman–Crippen MR) is 107 cm³/mol. The molecule has 0 spiro atoms. The molecule has 2 aromatic heterocycles. The average molecular weight is 392 g/mol. The number of thiophene rings is 1. The van der Waals surface area contributed by atoms with E-state index in [-0.39, 0.29) is 11.9 Å². The number of carbonyl (C=O) groups is 1. The maximum Gasteiger partial charge on any atom is 0.263 e. The summed E-state index contributed by atoms with van der Waals surface area (Å²) >= 11 is 9.15. The number of hydrogen-bond acceptors (Lipinski definition) is 4. The van der Waals surface area contributed by atoms with Crippen LogP contribution in [0.15, 0.2) is 48.0 Å². The summed E-state index contributed by atoms with van der Waals surface area (Å²) in [6.45, 7) is 0. The third-order valence-electron chi connectivity index (χ3n) is 3.75. The van der Waals surface area contributed by atoms with Crippen LogP contribution in [0.25, 0.3) is 11.3 Å². The highest BCUT2D eigenvalue weighted by molar-refractivity contribution is 7.98. The van der Waals surface area contributed by atoms with Crippen molar-refractivity contribution in [3.05, 3.63) is 63.7 Å². The van der Waals surface area contributed by atoms with Crippen molar-refractivity contribution >= 4 is 40.6 Å². The van der Waals surface area contributed by atoms with E-state index in [1.54, 1.807) is 24.0 Å². The SMILES string of the molecule is CSCCC(NC(=O)c1sccc1Cl)c1ncc(-c2ccccc2)[nH]1. The fourth-order valence-corrected chi connectivity index (χ4v) is 3.99. The molecule has 0 radical (unpaired) electrons. The summed E-state index contributed by atoms with van der Waals surface area (Å²) in [5, 5.41) is 5.35. The number of halogens is 1. The topological polar surface area (TPSA) is 57.8 Å². The number of H-pyrrole nitrogens is 1. The molecular weight excluding hydrogens is 374 g/mol. The van der Waals surface area contributed by atoms with Gasteiger partial charge in [0.2, 0.25) is 0 Å². The van der Waals surface area contributed by atoms with Crippen molar-refractivity contribution in [2.45, 2.75) is 12.5 Å². The molecule has 1 unspecified atom stereocenters. The van der Waals surface area contributed by atoms with Crippen LogP contribution in [0.2, 0.25) is 5.02 Å². The van der Waals surface area contributed by atoms with Crippen molar-refractivity contribution < 1.29 is 4.79 Å². The first-order chi connectivity index (χ1) is 12.2. The van der Waals surface area contributed by atoms with E-state index in [1.165, 1.54) is 11.3 Å². The van der Waals surface area contributed by atoms with E-state index in [2.05, 4.69) is 15.3 Å². The lowest BCUT2D eigenvalue weighted by atomic mass is 10.2. The third kappa shape index (κ3) is 4.45. The van der Waals surface area contributed by atoms with Crippen LogP contribution < -0.4 is 5.32 Å². The lowest BCUT2D eigenvalue weighted by Gasteiger charge is -2.16. The van der Waals surface area contributed by atoms with Gasteiger partial charge in [-0.1, -0.05) is 41.9 Å². The minimum atomic E-state index is -0.185. The van der Waals surface area contributed by atoms with E-state index < -0.39 is 0 Å². The Morgan fingerprint density at radius 3 is 2.84 bits per heavy atom. The van der Waals surface area contributed by atoms with E-state index in [1.807, 2.05) is 42.0 Å². The molecule has 0 aliphatic heterocycles. The van der Waals surface area contributed by atoms with Crippen LogP contribution in [0.4, 0.5) is 0 Å². The van der Waals surface area contributed by atoms with Gasteiger partial charge in [-0.05, 0) is 35.4 Å². The number of benzene rings is 1. The molecule has 0 aliphatic carbocycles. The van der Waals surface area contributed by atoms with Crippen LogP contribution in [0.5, 0.6) is 0 Å². The van der Waals surface area contributed by atoms with Crippen molar-refractivity contribution in [3.63, 3.8) is 0 Å². The first kappa shape index (κ1) is 18.0. The minimum absolute atomic E-state index is 0.163. The molecule has 25 heavy (non-hydrogen) atoms. The van der Waals surface area contributed by atoms with Crippen molar-refractivity contribution in [2.75, 3.05) is 12.0 Å². The quantitative estimate of drug-likeness (QED) is 0.594. The first-order valence-corrected chi connectivity index (χ1v) is 10.5. The van der Waals surface area contributed by atoms with Gasteiger partial charge in [0, 0.05) is 0 Å². The summed E-state index contributed by atoms with van der Waals surface area (Å²) in [7, 11) is 0. The molecule has 2 N–H and O–H groups in total. The summed E-state index contributed by atoms with van der Waals surface area (Å²) < 4.78 is 0. The number of aromatic amines is 1. The van der Waals surface area contributed by atoms with Crippen molar-refractivity contribution in [1.82, 2.24) is 15.3 Å². The monoisotopic (exact) mass is 391 g/mol. The number of nitrogens with zero attached hydrogens (tertiary/aromatic N) is 1. The summed E-state index contributed by atoms with van der Waals surface area (Å²) in [6, 6.07) is 11.6. The molecule has 3 aromatic rings. The Hall–Kier alpha value is -1.76. The van der Waals surface area contributed by atoms with Gasteiger partial charge in [-0.3, -0.25) is 4.79 Å². The molecule has 1 atom stereocenters. The van der Waals surface area contributed by atoms with Gasteiger partial charge in [0.25, 0.3) is 5.91 Å². The Balaban J connectivity index is 1.80. The highest BCUT2D eigenvalue weighted by Crippen LogP contribution is 2.25. The molecule has 1 amide bonds. The lowest BCUT2D eigenvalue weighted by molar-refractivity contribution is 0.0938. The number of rotatable bonds is 7. The molecule has 130 valence electrons. The van der Waals surface area contributed by atoms with Gasteiger partial charge < -0.3 is 10.3 Å². The Bertz CT molecular complexity index is 832. The van der Waals surface area contributed by atoms with Gasteiger partial charge >= 0.3 is 0 Å². The van der Waals surface area contributed by atoms with Crippen LogP contribution in [-0.4, -0.2) is 27.9 Å². The van der Waals surface area contributed by atoms with E-state index in [4.69, 9.17) is 11.6 Å². The summed E-state index contributed by atoms with van der Waals surface area (Å²) in [4.78, 5) is 20.9. The zero-order valence-corrected chi connectivity index (χ0v) is 16.0. The first-order valence-electron chi connectivity index (χ1n) is 7.82. The second-order valence-electron chi connectivity index (χ2n) is 5.45. The molecule has 0 fully saturated rings. The fourth-order valence-electron chi connectivity index (χ4n) is 2.47. The van der Waals surface area contributed by atoms with Crippen LogP contribution in [0, 0.1) is 0 Å². The Morgan fingerprint density at radius 1 is 1.36 bits per heavy atom. The largest absolute Gasteiger partial charge is 0.341 e. The Kier molecular flexibility index (Phi) is 6.18. The smallest absolute Gasteiger partial charge is 0.263 e. The molecule has 4 nitrogen and oxygen atoms in total. The summed E-state index contributed by atoms with van der Waals surface area (Å²) in [6.07, 6.45) is 4.64. The number of aromatic nitrogens is 2. The van der Waals surface area contributed by atoms with Crippen molar-refractivity contribution in [1.29, 1.82) is 0 Å². The van der Waals surface area contributed by atoms with Crippen LogP contribution >= 0.6 is 34.7 Å². The van der Waals surface area contributed by atoms with Gasteiger partial charge in [-0.15, -0.1) is 11.3 Å². The number of thioether (sulfide) groups is 1. The summed E-state index contributed by atoms with van der Waals surface area (Å²) in [5.74, 6) is 1.52. The number of hydrogen-bond donors (Lipinski definition) is 2. The number of imidazole rings is 1. The second kappa shape index (κ2) is 8.56. The van der Waals surface area contributed by atoms with Crippen LogP contribution in [-0.2, 0) is 0 Å². The molecule has 0 bridgehead atoms. The maximum absolute atomic E-state index is 12.5. The molecule has 7 heteroatoms.